The first-order valence-electron chi connectivity index (χ1n) is 6.42. The lowest BCUT2D eigenvalue weighted by Gasteiger charge is -2.20. The van der Waals surface area contributed by atoms with Gasteiger partial charge in [0.2, 0.25) is 0 Å². The van der Waals surface area contributed by atoms with Gasteiger partial charge < -0.3 is 15.4 Å². The van der Waals surface area contributed by atoms with Gasteiger partial charge in [0.15, 0.2) is 0 Å². The van der Waals surface area contributed by atoms with Crippen molar-refractivity contribution < 1.29 is 9.53 Å². The number of hydrogen-bond donors (Lipinski definition) is 2. The summed E-state index contributed by atoms with van der Waals surface area (Å²) in [4.78, 5) is 11.6. The summed E-state index contributed by atoms with van der Waals surface area (Å²) in [7, 11) is 3.31. The van der Waals surface area contributed by atoms with Crippen LogP contribution in [0.15, 0.2) is 18.2 Å². The average Bonchev–Trinajstić information content (AvgIpc) is 3.24. The number of nitrogens with one attached hydrogen (secondary N) is 2. The maximum Gasteiger partial charge on any atom is 0.251 e. The molecule has 2 N–H and O–H groups in total. The van der Waals surface area contributed by atoms with Crippen LogP contribution in [0.2, 0.25) is 5.02 Å². The van der Waals surface area contributed by atoms with Crippen LogP contribution in [-0.4, -0.2) is 32.7 Å². The predicted molar refractivity (Wildman–Crippen MR) is 76.9 cm³/mol. The minimum Gasteiger partial charge on any atom is -0.383 e. The standard InChI is InChI=1S/C14H19ClN2O2/c1-16-14(18)10-5-6-11(15)12(7-10)17-13(8-19-2)9-3-4-9/h5-7,9,13,17H,3-4,8H2,1-2H3,(H,16,18). The second kappa shape index (κ2) is 6.26. The number of methoxy groups -OCH3 is 1. The van der Waals surface area contributed by atoms with Crippen molar-refractivity contribution in [1.29, 1.82) is 0 Å². The lowest BCUT2D eigenvalue weighted by Crippen LogP contribution is -2.27. The van der Waals surface area contributed by atoms with Gasteiger partial charge in [0.25, 0.3) is 5.91 Å². The van der Waals surface area contributed by atoms with Crippen molar-refractivity contribution >= 4 is 23.2 Å². The predicted octanol–water partition coefficient (Wildman–Crippen LogP) is 2.54. The number of rotatable bonds is 6. The zero-order valence-electron chi connectivity index (χ0n) is 11.2. The molecule has 0 aromatic heterocycles. The lowest BCUT2D eigenvalue weighted by molar-refractivity contribution is 0.0963. The van der Waals surface area contributed by atoms with E-state index >= 15 is 0 Å². The molecule has 1 aliphatic rings. The molecule has 1 amide bonds. The first-order valence-corrected chi connectivity index (χ1v) is 6.80. The molecule has 5 heteroatoms. The molecule has 0 bridgehead atoms. The van der Waals surface area contributed by atoms with E-state index in [0.717, 1.165) is 5.69 Å². The second-order valence-corrected chi connectivity index (χ2v) is 5.22. The fourth-order valence-electron chi connectivity index (χ4n) is 2.09. The van der Waals surface area contributed by atoms with Crippen molar-refractivity contribution in [2.24, 2.45) is 5.92 Å². The van der Waals surface area contributed by atoms with E-state index in [2.05, 4.69) is 10.6 Å². The number of hydrogen-bond acceptors (Lipinski definition) is 3. The zero-order valence-corrected chi connectivity index (χ0v) is 12.0. The van der Waals surface area contributed by atoms with Gasteiger partial charge in [-0.3, -0.25) is 4.79 Å². The number of benzene rings is 1. The third-order valence-electron chi connectivity index (χ3n) is 3.33. The van der Waals surface area contributed by atoms with Gasteiger partial charge in [-0.1, -0.05) is 11.6 Å². The van der Waals surface area contributed by atoms with Crippen molar-refractivity contribution in [1.82, 2.24) is 5.32 Å². The Bertz CT molecular complexity index is 461. The summed E-state index contributed by atoms with van der Waals surface area (Å²) in [6.07, 6.45) is 2.43. The summed E-state index contributed by atoms with van der Waals surface area (Å²) in [6, 6.07) is 5.49. The van der Waals surface area contributed by atoms with E-state index in [1.54, 1.807) is 32.4 Å². The Kier molecular flexibility index (Phi) is 4.66. The monoisotopic (exact) mass is 282 g/mol. The Balaban J connectivity index is 2.15. The van der Waals surface area contributed by atoms with Gasteiger partial charge >= 0.3 is 0 Å². The molecule has 104 valence electrons. The Hall–Kier alpha value is -1.26. The fourth-order valence-corrected chi connectivity index (χ4v) is 2.27. The molecular formula is C14H19ClN2O2. The molecule has 0 aliphatic heterocycles. The molecule has 1 atom stereocenters. The van der Waals surface area contributed by atoms with Crippen LogP contribution >= 0.6 is 11.6 Å². The smallest absolute Gasteiger partial charge is 0.251 e. The van der Waals surface area contributed by atoms with Gasteiger partial charge in [-0.15, -0.1) is 0 Å². The van der Waals surface area contributed by atoms with E-state index in [4.69, 9.17) is 16.3 Å². The van der Waals surface area contributed by atoms with Crippen molar-refractivity contribution in [3.05, 3.63) is 28.8 Å². The molecule has 1 unspecified atom stereocenters. The molecule has 0 spiro atoms. The highest BCUT2D eigenvalue weighted by Gasteiger charge is 2.31. The summed E-state index contributed by atoms with van der Waals surface area (Å²) < 4.78 is 5.23. The van der Waals surface area contributed by atoms with E-state index in [-0.39, 0.29) is 11.9 Å². The molecule has 4 nitrogen and oxygen atoms in total. The molecule has 1 aromatic carbocycles. The first kappa shape index (κ1) is 14.2. The number of halogens is 1. The number of carbonyl (C=O) groups is 1. The van der Waals surface area contributed by atoms with Crippen LogP contribution in [0, 0.1) is 5.92 Å². The van der Waals surface area contributed by atoms with Crippen LogP contribution in [0.1, 0.15) is 23.2 Å². The largest absolute Gasteiger partial charge is 0.383 e. The van der Waals surface area contributed by atoms with Crippen molar-refractivity contribution in [2.45, 2.75) is 18.9 Å². The topological polar surface area (TPSA) is 50.4 Å². The molecule has 1 aliphatic carbocycles. The van der Waals surface area contributed by atoms with Gasteiger partial charge in [0, 0.05) is 19.7 Å². The molecule has 1 saturated carbocycles. The normalized spacial score (nSPS) is 15.9. The van der Waals surface area contributed by atoms with Gasteiger partial charge in [0.05, 0.1) is 23.4 Å². The van der Waals surface area contributed by atoms with Crippen LogP contribution in [0.5, 0.6) is 0 Å². The van der Waals surface area contributed by atoms with Crippen molar-refractivity contribution in [2.75, 3.05) is 26.1 Å². The summed E-state index contributed by atoms with van der Waals surface area (Å²) >= 11 is 6.18. The third kappa shape index (κ3) is 3.61. The van der Waals surface area contributed by atoms with E-state index in [9.17, 15) is 4.79 Å². The molecular weight excluding hydrogens is 264 g/mol. The van der Waals surface area contributed by atoms with Crippen LogP contribution in [-0.2, 0) is 4.74 Å². The minimum atomic E-state index is -0.116. The Labute approximate surface area is 118 Å². The highest BCUT2D eigenvalue weighted by molar-refractivity contribution is 6.33. The molecule has 0 heterocycles. The van der Waals surface area contributed by atoms with Crippen LogP contribution < -0.4 is 10.6 Å². The van der Waals surface area contributed by atoms with Crippen LogP contribution in [0.25, 0.3) is 0 Å². The summed E-state index contributed by atoms with van der Waals surface area (Å²) in [5, 5.41) is 6.62. The maximum atomic E-state index is 11.6. The van der Waals surface area contributed by atoms with Gasteiger partial charge in [-0.2, -0.15) is 0 Å². The highest BCUT2D eigenvalue weighted by Crippen LogP contribution is 2.35. The molecule has 0 saturated heterocycles. The van der Waals surface area contributed by atoms with Crippen LogP contribution in [0.3, 0.4) is 0 Å². The fraction of sp³-hybridized carbons (Fsp3) is 0.500. The lowest BCUT2D eigenvalue weighted by atomic mass is 10.1. The Morgan fingerprint density at radius 2 is 2.26 bits per heavy atom. The maximum absolute atomic E-state index is 11.6. The SMILES string of the molecule is CNC(=O)c1ccc(Cl)c(NC(COC)C2CC2)c1. The summed E-state index contributed by atoms with van der Waals surface area (Å²) in [5.74, 6) is 0.522. The van der Waals surface area contributed by atoms with E-state index < -0.39 is 0 Å². The molecule has 19 heavy (non-hydrogen) atoms. The number of anilines is 1. The second-order valence-electron chi connectivity index (χ2n) is 4.82. The minimum absolute atomic E-state index is 0.116. The van der Waals surface area contributed by atoms with Crippen molar-refractivity contribution in [3.8, 4) is 0 Å². The van der Waals surface area contributed by atoms with E-state index in [0.29, 0.717) is 23.1 Å². The van der Waals surface area contributed by atoms with E-state index in [1.807, 2.05) is 0 Å². The third-order valence-corrected chi connectivity index (χ3v) is 3.66. The summed E-state index contributed by atoms with van der Waals surface area (Å²) in [5.41, 5.74) is 1.39. The molecule has 0 radical (unpaired) electrons. The Morgan fingerprint density at radius 1 is 1.53 bits per heavy atom. The molecule has 2 rings (SSSR count). The molecule has 1 aromatic rings. The Morgan fingerprint density at radius 3 is 2.84 bits per heavy atom. The molecule has 1 fully saturated rings. The number of ether oxygens (including phenoxy) is 1. The summed E-state index contributed by atoms with van der Waals surface area (Å²) in [6.45, 7) is 0.644. The van der Waals surface area contributed by atoms with Crippen molar-refractivity contribution in [3.63, 3.8) is 0 Å². The van der Waals surface area contributed by atoms with E-state index in [1.165, 1.54) is 12.8 Å². The first-order chi connectivity index (χ1) is 9.15. The van der Waals surface area contributed by atoms with Crippen LogP contribution in [0.4, 0.5) is 5.69 Å². The number of amides is 1. The quantitative estimate of drug-likeness (QED) is 0.843. The van der Waals surface area contributed by atoms with Gasteiger partial charge in [0.1, 0.15) is 0 Å². The average molecular weight is 283 g/mol. The van der Waals surface area contributed by atoms with Gasteiger partial charge in [-0.05, 0) is 37.0 Å². The highest BCUT2D eigenvalue weighted by atomic mass is 35.5. The number of carbonyl (C=O) groups excluding carboxylic acids is 1. The van der Waals surface area contributed by atoms with Gasteiger partial charge in [-0.25, -0.2) is 0 Å². The zero-order chi connectivity index (χ0) is 13.8.